The highest BCUT2D eigenvalue weighted by atomic mass is 35.5. The first-order chi connectivity index (χ1) is 8.81. The molecule has 102 valence electrons. The minimum atomic E-state index is 0. The molecule has 1 aliphatic heterocycles. The monoisotopic (exact) mass is 281 g/mol. The molecule has 2 heterocycles. The smallest absolute Gasteiger partial charge is 0.225 e. The first-order valence-corrected chi connectivity index (χ1v) is 6.15. The summed E-state index contributed by atoms with van der Waals surface area (Å²) in [5.41, 5.74) is 2.32. The number of hydrogen-bond acceptors (Lipinski definition) is 4. The summed E-state index contributed by atoms with van der Waals surface area (Å²) in [6, 6.07) is 5.81. The van der Waals surface area contributed by atoms with E-state index < -0.39 is 0 Å². The lowest BCUT2D eigenvalue weighted by molar-refractivity contribution is -0.116. The standard InChI is InChI=1S/C12H15N5O.ClH/c18-12(7-8-2-1-5-13-8)14-9-3-4-10-11(6-9)16-17-15-10;/h3-4,6,8,13H,1-2,5,7H2,(H,14,18)(H,15,16,17);1H. The summed E-state index contributed by atoms with van der Waals surface area (Å²) in [7, 11) is 0. The van der Waals surface area contributed by atoms with Crippen molar-refractivity contribution in [1.82, 2.24) is 20.7 Å². The molecule has 1 atom stereocenters. The Kier molecular flexibility index (Phi) is 4.34. The van der Waals surface area contributed by atoms with Crippen molar-refractivity contribution in [2.24, 2.45) is 0 Å². The van der Waals surface area contributed by atoms with Gasteiger partial charge in [0.1, 0.15) is 11.0 Å². The number of fused-ring (bicyclic) bond motifs is 1. The van der Waals surface area contributed by atoms with Gasteiger partial charge in [-0.1, -0.05) is 0 Å². The van der Waals surface area contributed by atoms with Gasteiger partial charge in [0.05, 0.1) is 0 Å². The van der Waals surface area contributed by atoms with Crippen LogP contribution in [-0.4, -0.2) is 33.9 Å². The first kappa shape index (κ1) is 13.8. The third-order valence-electron chi connectivity index (χ3n) is 3.19. The lowest BCUT2D eigenvalue weighted by Gasteiger charge is -2.10. The van der Waals surface area contributed by atoms with Gasteiger partial charge in [-0.25, -0.2) is 0 Å². The Hall–Kier alpha value is -1.66. The van der Waals surface area contributed by atoms with Gasteiger partial charge < -0.3 is 10.6 Å². The number of nitrogens with one attached hydrogen (secondary N) is 3. The van der Waals surface area contributed by atoms with Crippen molar-refractivity contribution in [2.45, 2.75) is 25.3 Å². The van der Waals surface area contributed by atoms with E-state index in [-0.39, 0.29) is 18.3 Å². The van der Waals surface area contributed by atoms with E-state index in [2.05, 4.69) is 26.0 Å². The molecule has 0 radical (unpaired) electrons. The average molecular weight is 282 g/mol. The Balaban J connectivity index is 0.00000133. The summed E-state index contributed by atoms with van der Waals surface area (Å²) < 4.78 is 0. The van der Waals surface area contributed by atoms with Crippen LogP contribution in [0.4, 0.5) is 5.69 Å². The van der Waals surface area contributed by atoms with Crippen LogP contribution >= 0.6 is 12.4 Å². The number of anilines is 1. The van der Waals surface area contributed by atoms with Crippen LogP contribution < -0.4 is 10.6 Å². The predicted molar refractivity (Wildman–Crippen MR) is 75.4 cm³/mol. The molecular formula is C12H16ClN5O. The number of aromatic nitrogens is 3. The van der Waals surface area contributed by atoms with E-state index in [0.717, 1.165) is 36.1 Å². The van der Waals surface area contributed by atoms with Crippen molar-refractivity contribution in [1.29, 1.82) is 0 Å². The average Bonchev–Trinajstić information content (AvgIpc) is 2.98. The molecule has 19 heavy (non-hydrogen) atoms. The molecule has 0 spiro atoms. The van der Waals surface area contributed by atoms with E-state index >= 15 is 0 Å². The van der Waals surface area contributed by atoms with Gasteiger partial charge in [0.25, 0.3) is 0 Å². The van der Waals surface area contributed by atoms with Gasteiger partial charge in [0.2, 0.25) is 5.91 Å². The van der Waals surface area contributed by atoms with Crippen LogP contribution in [-0.2, 0) is 4.79 Å². The molecule has 3 rings (SSSR count). The number of H-pyrrole nitrogens is 1. The zero-order valence-electron chi connectivity index (χ0n) is 10.3. The largest absolute Gasteiger partial charge is 0.326 e. The summed E-state index contributed by atoms with van der Waals surface area (Å²) in [4.78, 5) is 11.8. The quantitative estimate of drug-likeness (QED) is 0.795. The maximum atomic E-state index is 11.8. The molecule has 1 aromatic carbocycles. The second-order valence-electron chi connectivity index (χ2n) is 4.57. The second kappa shape index (κ2) is 5.99. The Bertz CT molecular complexity index is 564. The topological polar surface area (TPSA) is 82.7 Å². The van der Waals surface area contributed by atoms with E-state index in [4.69, 9.17) is 0 Å². The SMILES string of the molecule is Cl.O=C(CC1CCCN1)Nc1ccc2n[nH]nc2c1. The minimum Gasteiger partial charge on any atom is -0.326 e. The van der Waals surface area contributed by atoms with Crippen molar-refractivity contribution in [3.8, 4) is 0 Å². The van der Waals surface area contributed by atoms with E-state index in [9.17, 15) is 4.79 Å². The van der Waals surface area contributed by atoms with Crippen molar-refractivity contribution in [3.63, 3.8) is 0 Å². The molecule has 6 nitrogen and oxygen atoms in total. The summed E-state index contributed by atoms with van der Waals surface area (Å²) >= 11 is 0. The van der Waals surface area contributed by atoms with E-state index in [1.54, 1.807) is 0 Å². The number of nitrogens with zero attached hydrogens (tertiary/aromatic N) is 2. The normalized spacial score (nSPS) is 18.2. The maximum absolute atomic E-state index is 11.8. The summed E-state index contributed by atoms with van der Waals surface area (Å²) in [5, 5.41) is 16.7. The fraction of sp³-hybridized carbons (Fsp3) is 0.417. The van der Waals surface area contributed by atoms with Crippen LogP contribution in [0, 0.1) is 0 Å². The summed E-state index contributed by atoms with van der Waals surface area (Å²) in [5.74, 6) is 0.0391. The van der Waals surface area contributed by atoms with Crippen LogP contribution in [0.1, 0.15) is 19.3 Å². The highest BCUT2D eigenvalue weighted by Gasteiger charge is 2.17. The lowest BCUT2D eigenvalue weighted by Crippen LogP contribution is -2.27. The highest BCUT2D eigenvalue weighted by molar-refractivity contribution is 5.93. The number of rotatable bonds is 3. The maximum Gasteiger partial charge on any atom is 0.225 e. The molecule has 1 saturated heterocycles. The van der Waals surface area contributed by atoms with E-state index in [0.29, 0.717) is 12.5 Å². The Morgan fingerprint density at radius 1 is 1.37 bits per heavy atom. The van der Waals surface area contributed by atoms with Gasteiger partial charge in [0, 0.05) is 18.2 Å². The molecule has 1 amide bonds. The van der Waals surface area contributed by atoms with Crippen molar-refractivity contribution in [2.75, 3.05) is 11.9 Å². The minimum absolute atomic E-state index is 0. The molecule has 1 aromatic heterocycles. The molecule has 0 saturated carbocycles. The molecule has 2 aromatic rings. The Morgan fingerprint density at radius 3 is 3.00 bits per heavy atom. The third kappa shape index (κ3) is 3.21. The second-order valence-corrected chi connectivity index (χ2v) is 4.57. The van der Waals surface area contributed by atoms with E-state index in [1.165, 1.54) is 0 Å². The van der Waals surface area contributed by atoms with Gasteiger partial charge in [0.15, 0.2) is 0 Å². The molecule has 7 heteroatoms. The molecule has 1 fully saturated rings. The summed E-state index contributed by atoms with van der Waals surface area (Å²) in [6.07, 6.45) is 2.76. The zero-order valence-corrected chi connectivity index (χ0v) is 11.2. The molecule has 0 aliphatic carbocycles. The number of benzene rings is 1. The fourth-order valence-electron chi connectivity index (χ4n) is 2.28. The Morgan fingerprint density at radius 2 is 2.21 bits per heavy atom. The fourth-order valence-corrected chi connectivity index (χ4v) is 2.28. The van der Waals surface area contributed by atoms with Gasteiger partial charge in [-0.05, 0) is 37.6 Å². The van der Waals surface area contributed by atoms with Crippen molar-refractivity contribution >= 4 is 35.0 Å². The highest BCUT2D eigenvalue weighted by Crippen LogP contribution is 2.16. The number of carbonyl (C=O) groups is 1. The molecule has 3 N–H and O–H groups in total. The zero-order chi connectivity index (χ0) is 12.4. The van der Waals surface area contributed by atoms with Crippen LogP contribution in [0.25, 0.3) is 11.0 Å². The number of hydrogen-bond donors (Lipinski definition) is 3. The third-order valence-corrected chi connectivity index (χ3v) is 3.19. The van der Waals surface area contributed by atoms with Gasteiger partial charge >= 0.3 is 0 Å². The number of aromatic amines is 1. The van der Waals surface area contributed by atoms with Crippen LogP contribution in [0.15, 0.2) is 18.2 Å². The predicted octanol–water partition coefficient (Wildman–Crippen LogP) is 1.46. The first-order valence-electron chi connectivity index (χ1n) is 6.15. The van der Waals surface area contributed by atoms with Gasteiger partial charge in [-0.2, -0.15) is 15.4 Å². The van der Waals surface area contributed by atoms with Gasteiger partial charge in [-0.15, -0.1) is 12.4 Å². The van der Waals surface area contributed by atoms with Crippen LogP contribution in [0.2, 0.25) is 0 Å². The number of halogens is 1. The summed E-state index contributed by atoms with van der Waals surface area (Å²) in [6.45, 7) is 1.02. The van der Waals surface area contributed by atoms with Crippen LogP contribution in [0.5, 0.6) is 0 Å². The molecular weight excluding hydrogens is 266 g/mol. The number of carbonyl (C=O) groups excluding carboxylic acids is 1. The van der Waals surface area contributed by atoms with Crippen LogP contribution in [0.3, 0.4) is 0 Å². The molecule has 1 unspecified atom stereocenters. The number of amides is 1. The molecule has 0 bridgehead atoms. The Labute approximate surface area is 116 Å². The lowest BCUT2D eigenvalue weighted by atomic mass is 10.1. The van der Waals surface area contributed by atoms with Crippen molar-refractivity contribution in [3.05, 3.63) is 18.2 Å². The molecule has 1 aliphatic rings. The van der Waals surface area contributed by atoms with Gasteiger partial charge in [-0.3, -0.25) is 4.79 Å². The van der Waals surface area contributed by atoms with Crippen molar-refractivity contribution < 1.29 is 4.79 Å². The van der Waals surface area contributed by atoms with E-state index in [1.807, 2.05) is 18.2 Å².